The number of aryl methyl sites for hydroxylation is 1. The van der Waals surface area contributed by atoms with E-state index >= 15 is 0 Å². The number of esters is 2. The Balaban J connectivity index is 1.35. The van der Waals surface area contributed by atoms with Gasteiger partial charge in [-0.3, -0.25) is 9.59 Å². The fourth-order valence-electron chi connectivity index (χ4n) is 4.48. The predicted molar refractivity (Wildman–Crippen MR) is 161 cm³/mol. The van der Waals surface area contributed by atoms with E-state index in [1.54, 1.807) is 42.5 Å². The molecular weight excluding hydrogens is 552 g/mol. The van der Waals surface area contributed by atoms with Gasteiger partial charge in [-0.15, -0.1) is 0 Å². The molecule has 1 unspecified atom stereocenters. The number of carbonyl (C=O) groups excluding carboxylic acids is 4. The third-order valence-electron chi connectivity index (χ3n) is 6.79. The minimum absolute atomic E-state index is 0.0246. The van der Waals surface area contributed by atoms with Gasteiger partial charge >= 0.3 is 18.0 Å². The van der Waals surface area contributed by atoms with Crippen molar-refractivity contribution in [1.82, 2.24) is 5.32 Å². The highest BCUT2D eigenvalue weighted by molar-refractivity contribution is 6.00. The SMILES string of the molecule is Cc1ccccc1NC(=O)Nc1ccc(CC(=O)NCC(C(=O)OC(=O)[C@@H](N)CC(C)C)c2ccc3c(c2)OCO3)cc1. The Morgan fingerprint density at radius 3 is 2.35 bits per heavy atom. The highest BCUT2D eigenvalue weighted by Gasteiger charge is 2.29. The number of rotatable bonds is 11. The van der Waals surface area contributed by atoms with Crippen LogP contribution in [0.3, 0.4) is 0 Å². The van der Waals surface area contributed by atoms with Gasteiger partial charge in [0.25, 0.3) is 0 Å². The molecule has 0 radical (unpaired) electrons. The summed E-state index contributed by atoms with van der Waals surface area (Å²) >= 11 is 0. The van der Waals surface area contributed by atoms with Crippen LogP contribution in [0, 0.1) is 12.8 Å². The first-order chi connectivity index (χ1) is 20.6. The third-order valence-corrected chi connectivity index (χ3v) is 6.79. The average molecular weight is 589 g/mol. The number of carbonyl (C=O) groups is 4. The second kappa shape index (κ2) is 14.3. The first-order valence-electron chi connectivity index (χ1n) is 14.0. The summed E-state index contributed by atoms with van der Waals surface area (Å²) in [6.07, 6.45) is 0.389. The van der Waals surface area contributed by atoms with Gasteiger partial charge in [-0.05, 0) is 66.3 Å². The van der Waals surface area contributed by atoms with Gasteiger partial charge in [0.15, 0.2) is 11.5 Å². The molecule has 3 amide bonds. The van der Waals surface area contributed by atoms with E-state index in [0.29, 0.717) is 40.4 Å². The molecule has 11 nitrogen and oxygen atoms in total. The van der Waals surface area contributed by atoms with Crippen LogP contribution >= 0.6 is 0 Å². The number of fused-ring (bicyclic) bond motifs is 1. The lowest BCUT2D eigenvalue weighted by Gasteiger charge is -2.19. The van der Waals surface area contributed by atoms with Crippen molar-refractivity contribution in [2.24, 2.45) is 11.7 Å². The Morgan fingerprint density at radius 1 is 0.907 bits per heavy atom. The maximum absolute atomic E-state index is 13.1. The van der Waals surface area contributed by atoms with Gasteiger partial charge in [-0.2, -0.15) is 0 Å². The minimum atomic E-state index is -0.994. The molecular formula is C32H36N4O7. The number of amides is 3. The van der Waals surface area contributed by atoms with Crippen LogP contribution in [-0.4, -0.2) is 43.3 Å². The zero-order valence-electron chi connectivity index (χ0n) is 24.3. The summed E-state index contributed by atoms with van der Waals surface area (Å²) in [5.41, 5.74) is 9.29. The van der Waals surface area contributed by atoms with E-state index in [2.05, 4.69) is 16.0 Å². The van der Waals surface area contributed by atoms with E-state index in [-0.39, 0.29) is 37.6 Å². The molecule has 11 heteroatoms. The number of hydrogen-bond donors (Lipinski definition) is 4. The predicted octanol–water partition coefficient (Wildman–Crippen LogP) is 4.25. The van der Waals surface area contributed by atoms with Gasteiger partial charge in [-0.1, -0.05) is 50.2 Å². The average Bonchev–Trinajstić information content (AvgIpc) is 3.43. The summed E-state index contributed by atoms with van der Waals surface area (Å²) in [7, 11) is 0. The van der Waals surface area contributed by atoms with Crippen LogP contribution in [0.25, 0.3) is 0 Å². The van der Waals surface area contributed by atoms with Crippen molar-refractivity contribution in [2.75, 3.05) is 24.0 Å². The molecule has 1 heterocycles. The first-order valence-corrected chi connectivity index (χ1v) is 14.0. The van der Waals surface area contributed by atoms with Crippen molar-refractivity contribution in [3.05, 3.63) is 83.4 Å². The number of para-hydroxylation sites is 1. The summed E-state index contributed by atoms with van der Waals surface area (Å²) in [6.45, 7) is 5.65. The zero-order valence-corrected chi connectivity index (χ0v) is 24.3. The Labute approximate surface area is 250 Å². The number of nitrogens with one attached hydrogen (secondary N) is 3. The molecule has 1 aliphatic heterocycles. The Bertz CT molecular complexity index is 1470. The molecule has 3 aromatic carbocycles. The van der Waals surface area contributed by atoms with Gasteiger partial charge in [0.2, 0.25) is 12.7 Å². The topological polar surface area (TPSA) is 158 Å². The molecule has 0 saturated carbocycles. The summed E-state index contributed by atoms with van der Waals surface area (Å²) in [4.78, 5) is 50.8. The molecule has 0 spiro atoms. The maximum atomic E-state index is 13.1. The fourth-order valence-corrected chi connectivity index (χ4v) is 4.48. The van der Waals surface area contributed by atoms with E-state index in [1.807, 2.05) is 45.0 Å². The van der Waals surface area contributed by atoms with Crippen LogP contribution < -0.4 is 31.2 Å². The Kier molecular flexibility index (Phi) is 10.3. The van der Waals surface area contributed by atoms with Crippen molar-refractivity contribution >= 4 is 35.3 Å². The van der Waals surface area contributed by atoms with Gasteiger partial charge in [0, 0.05) is 17.9 Å². The number of hydrogen-bond acceptors (Lipinski definition) is 8. The van der Waals surface area contributed by atoms with Crippen LogP contribution in [0.15, 0.2) is 66.7 Å². The van der Waals surface area contributed by atoms with Crippen molar-refractivity contribution < 1.29 is 33.4 Å². The van der Waals surface area contributed by atoms with Crippen molar-refractivity contribution in [2.45, 2.75) is 45.6 Å². The largest absolute Gasteiger partial charge is 0.454 e. The normalized spacial score (nSPS) is 13.1. The molecule has 226 valence electrons. The van der Waals surface area contributed by atoms with Crippen molar-refractivity contribution in [1.29, 1.82) is 0 Å². The number of anilines is 2. The third kappa shape index (κ3) is 8.79. The van der Waals surface area contributed by atoms with E-state index in [1.165, 1.54) is 0 Å². The van der Waals surface area contributed by atoms with Crippen molar-refractivity contribution in [3.63, 3.8) is 0 Å². The number of benzene rings is 3. The molecule has 0 aliphatic carbocycles. The zero-order chi connectivity index (χ0) is 30.9. The molecule has 2 atom stereocenters. The summed E-state index contributed by atoms with van der Waals surface area (Å²) in [5, 5.41) is 8.32. The van der Waals surface area contributed by atoms with Gasteiger partial charge in [-0.25, -0.2) is 9.59 Å². The van der Waals surface area contributed by atoms with Gasteiger partial charge in [0.05, 0.1) is 12.3 Å². The fraction of sp³-hybridized carbons (Fsp3) is 0.312. The maximum Gasteiger partial charge on any atom is 0.330 e. The number of nitrogens with two attached hydrogens (primary N) is 1. The lowest BCUT2D eigenvalue weighted by molar-refractivity contribution is -0.161. The van der Waals surface area contributed by atoms with Crippen LogP contribution in [-0.2, 0) is 25.5 Å². The molecule has 0 bridgehead atoms. The highest BCUT2D eigenvalue weighted by atomic mass is 16.7. The molecule has 0 aromatic heterocycles. The highest BCUT2D eigenvalue weighted by Crippen LogP contribution is 2.35. The smallest absolute Gasteiger partial charge is 0.330 e. The molecule has 0 saturated heterocycles. The Hall–Kier alpha value is -4.90. The minimum Gasteiger partial charge on any atom is -0.454 e. The number of ether oxygens (including phenoxy) is 3. The van der Waals surface area contributed by atoms with Gasteiger partial charge < -0.3 is 35.9 Å². The molecule has 3 aromatic rings. The van der Waals surface area contributed by atoms with E-state index < -0.39 is 23.9 Å². The summed E-state index contributed by atoms with van der Waals surface area (Å²) in [5.74, 6) is -1.88. The lowest BCUT2D eigenvalue weighted by Crippen LogP contribution is -2.38. The van der Waals surface area contributed by atoms with Gasteiger partial charge in [0.1, 0.15) is 6.04 Å². The Morgan fingerprint density at radius 2 is 1.63 bits per heavy atom. The van der Waals surface area contributed by atoms with Crippen molar-refractivity contribution in [3.8, 4) is 11.5 Å². The molecule has 4 rings (SSSR count). The standard InChI is InChI=1S/C32H36N4O7/c1-19(2)14-25(33)31(39)43-30(38)24(22-10-13-27-28(16-22)42-18-41-27)17-34-29(37)15-21-8-11-23(12-9-21)35-32(40)36-26-7-5-4-6-20(26)3/h4-13,16,19,24-25H,14-15,17-18,33H2,1-3H3,(H,34,37)(H2,35,36,40)/t24?,25-/m0/s1. The number of urea groups is 1. The van der Waals surface area contributed by atoms with E-state index in [4.69, 9.17) is 19.9 Å². The molecule has 43 heavy (non-hydrogen) atoms. The summed E-state index contributed by atoms with van der Waals surface area (Å²) in [6, 6.07) is 17.9. The molecule has 5 N–H and O–H groups in total. The van der Waals surface area contributed by atoms with Crippen LogP contribution in [0.2, 0.25) is 0 Å². The van der Waals surface area contributed by atoms with Crippen LogP contribution in [0.5, 0.6) is 11.5 Å². The monoisotopic (exact) mass is 588 g/mol. The lowest BCUT2D eigenvalue weighted by atomic mass is 9.98. The molecule has 0 fully saturated rings. The second-order valence-electron chi connectivity index (χ2n) is 10.7. The van der Waals surface area contributed by atoms with Crippen LogP contribution in [0.1, 0.15) is 42.9 Å². The van der Waals surface area contributed by atoms with E-state index in [0.717, 1.165) is 5.56 Å². The van der Waals surface area contributed by atoms with Crippen LogP contribution in [0.4, 0.5) is 16.2 Å². The van der Waals surface area contributed by atoms with E-state index in [9.17, 15) is 19.2 Å². The summed E-state index contributed by atoms with van der Waals surface area (Å²) < 4.78 is 15.9. The second-order valence-corrected chi connectivity index (χ2v) is 10.7. The molecule has 1 aliphatic rings. The first kappa shape index (κ1) is 31.0. The quantitative estimate of drug-likeness (QED) is 0.191.